The second-order valence-corrected chi connectivity index (χ2v) is 18.7. The highest BCUT2D eigenvalue weighted by Gasteiger charge is 2.53. The first-order chi connectivity index (χ1) is 20.4. The predicted molar refractivity (Wildman–Crippen MR) is 173 cm³/mol. The van der Waals surface area contributed by atoms with Crippen molar-refractivity contribution in [3.8, 4) is 11.1 Å². The number of aromatic nitrogens is 4. The van der Waals surface area contributed by atoms with Gasteiger partial charge in [-0.1, -0.05) is 27.7 Å². The summed E-state index contributed by atoms with van der Waals surface area (Å²) in [6.45, 7) is 22.6. The molecule has 1 aromatic carbocycles. The van der Waals surface area contributed by atoms with E-state index in [9.17, 15) is 14.4 Å². The molecule has 0 aliphatic carbocycles. The average Bonchev–Trinajstić information content (AvgIpc) is 3.43. The molecular formula is C33H47N5O5Si. The molecule has 0 radical (unpaired) electrons. The number of hydrogen-bond acceptors (Lipinski definition) is 8. The number of fused-ring (bicyclic) bond motifs is 1. The molecule has 3 heterocycles. The Kier molecular flexibility index (Phi) is 9.24. The molecule has 0 spiro atoms. The van der Waals surface area contributed by atoms with E-state index in [1.807, 2.05) is 32.9 Å². The maximum absolute atomic E-state index is 14.2. The second-order valence-electron chi connectivity index (χ2n) is 13.9. The van der Waals surface area contributed by atoms with E-state index in [0.717, 1.165) is 16.7 Å². The van der Waals surface area contributed by atoms with Gasteiger partial charge in [0.1, 0.15) is 24.1 Å². The summed E-state index contributed by atoms with van der Waals surface area (Å²) < 4.78 is 13.7. The van der Waals surface area contributed by atoms with Gasteiger partial charge in [-0.3, -0.25) is 14.3 Å². The van der Waals surface area contributed by atoms with Crippen LogP contribution in [0, 0.1) is 19.3 Å². The molecule has 0 bridgehead atoms. The molecule has 1 aliphatic heterocycles. The highest BCUT2D eigenvalue weighted by molar-refractivity contribution is 6.74. The molecule has 0 N–H and O–H groups in total. The minimum Gasteiger partial charge on any atom is -0.464 e. The summed E-state index contributed by atoms with van der Waals surface area (Å²) in [5.74, 6) is -0.212. The standard InChI is InChI=1S/C33H47N5O5Si/c1-12-42-31(41)27-15-33(9,19-43-44(10,11)32(6,7)8)22(4)38(27)28(40)18-37-30-20(2)13-24(25-16-34-23(5)35-17-25)14-26(30)29(36-37)21(3)39/h13-14,16-17,22,27H,12,15,18-19H2,1-11H3/t22-,27+,33-/m1/s1. The number of benzene rings is 1. The number of rotatable bonds is 9. The van der Waals surface area contributed by atoms with E-state index in [4.69, 9.17) is 9.16 Å². The largest absolute Gasteiger partial charge is 0.464 e. The molecule has 44 heavy (non-hydrogen) atoms. The lowest BCUT2D eigenvalue weighted by Gasteiger charge is -2.40. The predicted octanol–water partition coefficient (Wildman–Crippen LogP) is 5.89. The molecule has 11 heteroatoms. The van der Waals surface area contributed by atoms with Gasteiger partial charge in [0.15, 0.2) is 14.1 Å². The number of esters is 1. The molecule has 1 fully saturated rings. The van der Waals surface area contributed by atoms with Crippen molar-refractivity contribution in [2.24, 2.45) is 5.41 Å². The molecule has 1 saturated heterocycles. The summed E-state index contributed by atoms with van der Waals surface area (Å²) in [6.07, 6.45) is 3.94. The normalized spacial score (nSPS) is 20.8. The highest BCUT2D eigenvalue weighted by Crippen LogP contribution is 2.44. The van der Waals surface area contributed by atoms with E-state index in [-0.39, 0.29) is 41.6 Å². The molecular weight excluding hydrogens is 574 g/mol. The van der Waals surface area contributed by atoms with Crippen molar-refractivity contribution in [3.05, 3.63) is 41.6 Å². The van der Waals surface area contributed by atoms with Crippen molar-refractivity contribution in [1.29, 1.82) is 0 Å². The SMILES string of the molecule is CCOC(=O)[C@@H]1C[C@](C)(CO[Si](C)(C)C(C)(C)C)[C@@H](C)N1C(=O)Cn1nc(C(C)=O)c2cc(-c3cnc(C)nc3)cc(C)c21. The van der Waals surface area contributed by atoms with E-state index in [0.29, 0.717) is 29.8 Å². The lowest BCUT2D eigenvalue weighted by Crippen LogP contribution is -2.49. The fourth-order valence-electron chi connectivity index (χ4n) is 5.70. The number of ether oxygens (including phenoxy) is 1. The summed E-state index contributed by atoms with van der Waals surface area (Å²) in [5, 5.41) is 5.31. The number of likely N-dealkylation sites (tertiary alicyclic amines) is 1. The van der Waals surface area contributed by atoms with Crippen LogP contribution in [0.1, 0.15) is 76.8 Å². The number of carbonyl (C=O) groups is 3. The zero-order valence-electron chi connectivity index (χ0n) is 28.1. The maximum atomic E-state index is 14.2. The number of aryl methyl sites for hydroxylation is 2. The van der Waals surface area contributed by atoms with Crippen LogP contribution in [-0.4, -0.2) is 75.9 Å². The Morgan fingerprint density at radius 3 is 2.30 bits per heavy atom. The van der Waals surface area contributed by atoms with Crippen LogP contribution in [0.4, 0.5) is 0 Å². The number of ketones is 1. The second kappa shape index (κ2) is 12.2. The van der Waals surface area contributed by atoms with Gasteiger partial charge >= 0.3 is 5.97 Å². The monoisotopic (exact) mass is 621 g/mol. The number of carbonyl (C=O) groups excluding carboxylic acids is 3. The lowest BCUT2D eigenvalue weighted by atomic mass is 9.83. The van der Waals surface area contributed by atoms with Gasteiger partial charge in [0.05, 0.1) is 12.1 Å². The Bertz CT molecular complexity index is 1580. The zero-order chi connectivity index (χ0) is 32.8. The van der Waals surface area contributed by atoms with Crippen molar-refractivity contribution < 1.29 is 23.5 Å². The van der Waals surface area contributed by atoms with Crippen molar-refractivity contribution in [2.45, 2.75) is 105 Å². The van der Waals surface area contributed by atoms with E-state index in [2.05, 4.69) is 55.9 Å². The Balaban J connectivity index is 1.70. The van der Waals surface area contributed by atoms with Gasteiger partial charge in [0.25, 0.3) is 0 Å². The molecule has 0 saturated carbocycles. The number of hydrogen-bond donors (Lipinski definition) is 0. The molecule has 10 nitrogen and oxygen atoms in total. The third kappa shape index (κ3) is 6.35. The molecule has 1 amide bonds. The summed E-state index contributed by atoms with van der Waals surface area (Å²) in [4.78, 5) is 50.4. The lowest BCUT2D eigenvalue weighted by molar-refractivity contribution is -0.154. The third-order valence-electron chi connectivity index (χ3n) is 9.60. The van der Waals surface area contributed by atoms with Crippen LogP contribution in [0.5, 0.6) is 0 Å². The fraction of sp³-hybridized carbons (Fsp3) is 0.576. The van der Waals surface area contributed by atoms with Crippen LogP contribution in [-0.2, 0) is 25.3 Å². The van der Waals surface area contributed by atoms with Crippen molar-refractivity contribution >= 4 is 36.9 Å². The first-order valence-corrected chi connectivity index (χ1v) is 18.2. The maximum Gasteiger partial charge on any atom is 0.328 e. The molecule has 1 aliphatic rings. The van der Waals surface area contributed by atoms with E-state index >= 15 is 0 Å². The molecule has 3 atom stereocenters. The highest BCUT2D eigenvalue weighted by atomic mass is 28.4. The summed E-state index contributed by atoms with van der Waals surface area (Å²) >= 11 is 0. The smallest absolute Gasteiger partial charge is 0.328 e. The Morgan fingerprint density at radius 2 is 1.73 bits per heavy atom. The van der Waals surface area contributed by atoms with E-state index < -0.39 is 25.7 Å². The van der Waals surface area contributed by atoms with E-state index in [1.54, 1.807) is 28.9 Å². The fourth-order valence-corrected chi connectivity index (χ4v) is 6.83. The van der Waals surface area contributed by atoms with Crippen LogP contribution in [0.15, 0.2) is 24.5 Å². The third-order valence-corrected chi connectivity index (χ3v) is 14.1. The van der Waals surface area contributed by atoms with Crippen LogP contribution in [0.2, 0.25) is 18.1 Å². The Hall–Kier alpha value is -3.44. The minimum absolute atomic E-state index is 0.0288. The van der Waals surface area contributed by atoms with Crippen LogP contribution in [0.25, 0.3) is 22.0 Å². The Morgan fingerprint density at radius 1 is 1.09 bits per heavy atom. The first kappa shape index (κ1) is 33.4. The molecule has 2 aromatic heterocycles. The van der Waals surface area contributed by atoms with Crippen LogP contribution in [0.3, 0.4) is 0 Å². The number of amides is 1. The van der Waals surface area contributed by atoms with Gasteiger partial charge in [0, 0.05) is 48.3 Å². The van der Waals surface area contributed by atoms with Crippen molar-refractivity contribution in [3.63, 3.8) is 0 Å². The average molecular weight is 622 g/mol. The zero-order valence-corrected chi connectivity index (χ0v) is 29.1. The van der Waals surface area contributed by atoms with Gasteiger partial charge < -0.3 is 14.1 Å². The van der Waals surface area contributed by atoms with Gasteiger partial charge in [-0.25, -0.2) is 14.8 Å². The van der Waals surface area contributed by atoms with Crippen LogP contribution < -0.4 is 0 Å². The van der Waals surface area contributed by atoms with E-state index in [1.165, 1.54) is 6.92 Å². The van der Waals surface area contributed by atoms with Crippen LogP contribution >= 0.6 is 0 Å². The van der Waals surface area contributed by atoms with Crippen molar-refractivity contribution in [1.82, 2.24) is 24.6 Å². The number of Topliss-reactive ketones (excluding diaryl/α,β-unsaturated/α-hetero) is 1. The Labute approximate surface area is 261 Å². The van der Waals surface area contributed by atoms with Crippen molar-refractivity contribution in [2.75, 3.05) is 13.2 Å². The van der Waals surface area contributed by atoms with Gasteiger partial charge in [-0.15, -0.1) is 0 Å². The summed E-state index contributed by atoms with van der Waals surface area (Å²) in [6, 6.07) is 2.85. The topological polar surface area (TPSA) is 117 Å². The number of nitrogens with zero attached hydrogens (tertiary/aromatic N) is 5. The summed E-state index contributed by atoms with van der Waals surface area (Å²) in [5.41, 5.74) is 3.06. The minimum atomic E-state index is -2.07. The molecule has 238 valence electrons. The molecule has 0 unspecified atom stereocenters. The summed E-state index contributed by atoms with van der Waals surface area (Å²) in [7, 11) is -2.07. The molecule has 4 rings (SSSR count). The van der Waals surface area contributed by atoms with Gasteiger partial charge in [-0.05, 0) is 75.5 Å². The molecule has 3 aromatic rings. The first-order valence-electron chi connectivity index (χ1n) is 15.3. The van der Waals surface area contributed by atoms with Gasteiger partial charge in [0.2, 0.25) is 5.91 Å². The quantitative estimate of drug-likeness (QED) is 0.165. The van der Waals surface area contributed by atoms with Gasteiger partial charge in [-0.2, -0.15) is 5.10 Å².